The normalized spacial score (nSPS) is 10.4. The number of aromatic amines is 1. The minimum absolute atomic E-state index is 0.722. The van der Waals surface area contributed by atoms with E-state index in [1.807, 2.05) is 24.3 Å². The zero-order valence-electron chi connectivity index (χ0n) is 9.61. The summed E-state index contributed by atoms with van der Waals surface area (Å²) >= 11 is 0. The van der Waals surface area contributed by atoms with Crippen molar-refractivity contribution in [2.75, 3.05) is 5.32 Å². The highest BCUT2D eigenvalue weighted by Gasteiger charge is 1.98. The van der Waals surface area contributed by atoms with Crippen LogP contribution in [-0.4, -0.2) is 25.0 Å². The first-order valence-electron chi connectivity index (χ1n) is 5.60. The first-order chi connectivity index (χ1) is 8.92. The number of nitrogens with one attached hydrogen (secondary N) is 2. The van der Waals surface area contributed by atoms with Crippen LogP contribution in [0.1, 0.15) is 5.69 Å². The molecule has 2 aromatic heterocycles. The minimum Gasteiger partial charge on any atom is -0.379 e. The van der Waals surface area contributed by atoms with Gasteiger partial charge in [-0.3, -0.25) is 0 Å². The second-order valence-corrected chi connectivity index (χ2v) is 3.80. The summed E-state index contributed by atoms with van der Waals surface area (Å²) in [5.41, 5.74) is 3.03. The largest absolute Gasteiger partial charge is 0.379 e. The molecule has 2 heterocycles. The molecule has 0 unspecified atom stereocenters. The van der Waals surface area contributed by atoms with Gasteiger partial charge in [-0.2, -0.15) is 15.0 Å². The Balaban J connectivity index is 1.68. The third-order valence-corrected chi connectivity index (χ3v) is 2.55. The molecule has 0 saturated carbocycles. The fourth-order valence-electron chi connectivity index (χ4n) is 1.64. The van der Waals surface area contributed by atoms with Gasteiger partial charge in [0.2, 0.25) is 0 Å². The molecule has 1 aromatic carbocycles. The van der Waals surface area contributed by atoms with Crippen LogP contribution in [0, 0.1) is 0 Å². The molecule has 0 aliphatic heterocycles. The number of benzene rings is 1. The highest BCUT2D eigenvalue weighted by molar-refractivity contribution is 5.48. The third kappa shape index (κ3) is 2.22. The predicted molar refractivity (Wildman–Crippen MR) is 67.3 cm³/mol. The molecule has 0 spiro atoms. The van der Waals surface area contributed by atoms with E-state index in [0.29, 0.717) is 0 Å². The van der Waals surface area contributed by atoms with Crippen molar-refractivity contribution in [1.29, 1.82) is 0 Å². The lowest BCUT2D eigenvalue weighted by Gasteiger charge is -2.05. The first kappa shape index (κ1) is 10.5. The van der Waals surface area contributed by atoms with Crippen molar-refractivity contribution >= 4 is 5.69 Å². The predicted octanol–water partition coefficient (Wildman–Crippen LogP) is 1.60. The van der Waals surface area contributed by atoms with E-state index in [1.54, 1.807) is 29.7 Å². The fourth-order valence-corrected chi connectivity index (χ4v) is 1.64. The van der Waals surface area contributed by atoms with Crippen molar-refractivity contribution in [3.8, 4) is 5.69 Å². The van der Waals surface area contributed by atoms with Gasteiger partial charge in [0.15, 0.2) is 0 Å². The van der Waals surface area contributed by atoms with Gasteiger partial charge in [0.25, 0.3) is 0 Å². The average molecular weight is 240 g/mol. The van der Waals surface area contributed by atoms with Gasteiger partial charge in [-0.25, -0.2) is 4.98 Å². The molecule has 0 bridgehead atoms. The van der Waals surface area contributed by atoms with E-state index < -0.39 is 0 Å². The van der Waals surface area contributed by atoms with Crippen molar-refractivity contribution in [2.45, 2.75) is 6.54 Å². The van der Waals surface area contributed by atoms with Crippen LogP contribution in [0.15, 0.2) is 49.2 Å². The van der Waals surface area contributed by atoms with E-state index in [9.17, 15) is 0 Å². The lowest BCUT2D eigenvalue weighted by atomic mass is 10.3. The smallest absolute Gasteiger partial charge is 0.0922 e. The maximum atomic E-state index is 4.07. The summed E-state index contributed by atoms with van der Waals surface area (Å²) in [5.74, 6) is 0. The zero-order valence-corrected chi connectivity index (χ0v) is 9.61. The lowest BCUT2D eigenvalue weighted by Crippen LogP contribution is -2.01. The van der Waals surface area contributed by atoms with Crippen molar-refractivity contribution in [2.24, 2.45) is 0 Å². The van der Waals surface area contributed by atoms with E-state index in [0.717, 1.165) is 23.6 Å². The van der Waals surface area contributed by atoms with Gasteiger partial charge in [-0.15, -0.1) is 0 Å². The van der Waals surface area contributed by atoms with Crippen LogP contribution in [0.5, 0.6) is 0 Å². The van der Waals surface area contributed by atoms with Crippen LogP contribution >= 0.6 is 0 Å². The van der Waals surface area contributed by atoms with Crippen LogP contribution in [0.2, 0.25) is 0 Å². The number of aromatic nitrogens is 5. The number of H-pyrrole nitrogens is 1. The molecular weight excluding hydrogens is 228 g/mol. The first-order valence-corrected chi connectivity index (χ1v) is 5.60. The number of rotatable bonds is 4. The molecular formula is C12H12N6. The summed E-state index contributed by atoms with van der Waals surface area (Å²) in [6.45, 7) is 0.722. The maximum Gasteiger partial charge on any atom is 0.0922 e. The highest BCUT2D eigenvalue weighted by Crippen LogP contribution is 2.12. The molecule has 18 heavy (non-hydrogen) atoms. The highest BCUT2D eigenvalue weighted by atomic mass is 15.5. The van der Waals surface area contributed by atoms with Gasteiger partial charge >= 0.3 is 0 Å². The van der Waals surface area contributed by atoms with E-state index in [2.05, 4.69) is 25.5 Å². The Bertz CT molecular complexity index is 582. The molecule has 0 radical (unpaired) electrons. The van der Waals surface area contributed by atoms with Gasteiger partial charge in [0.1, 0.15) is 0 Å². The Morgan fingerprint density at radius 2 is 1.89 bits per heavy atom. The van der Waals surface area contributed by atoms with Crippen molar-refractivity contribution < 1.29 is 0 Å². The summed E-state index contributed by atoms with van der Waals surface area (Å²) < 4.78 is 0. The van der Waals surface area contributed by atoms with Crippen molar-refractivity contribution in [3.05, 3.63) is 54.9 Å². The molecule has 0 atom stereocenters. The molecule has 0 aliphatic rings. The summed E-state index contributed by atoms with van der Waals surface area (Å²) in [6.07, 6.45) is 6.79. The van der Waals surface area contributed by atoms with E-state index in [1.165, 1.54) is 0 Å². The number of anilines is 1. The Labute approximate surface area is 104 Å². The topological polar surface area (TPSA) is 71.4 Å². The van der Waals surface area contributed by atoms with Gasteiger partial charge in [0, 0.05) is 11.9 Å². The van der Waals surface area contributed by atoms with Crippen LogP contribution < -0.4 is 5.32 Å². The van der Waals surface area contributed by atoms with Crippen LogP contribution in [-0.2, 0) is 6.54 Å². The quantitative estimate of drug-likeness (QED) is 0.726. The lowest BCUT2D eigenvalue weighted by molar-refractivity contribution is 0.752. The van der Waals surface area contributed by atoms with Crippen LogP contribution in [0.4, 0.5) is 5.69 Å². The van der Waals surface area contributed by atoms with Gasteiger partial charge in [-0.1, -0.05) is 0 Å². The third-order valence-electron chi connectivity index (χ3n) is 2.55. The Morgan fingerprint density at radius 3 is 2.56 bits per heavy atom. The van der Waals surface area contributed by atoms with Crippen molar-refractivity contribution in [1.82, 2.24) is 25.0 Å². The SMILES string of the molecule is c1cnn(-c2ccc(NCc3cnc[nH]3)cc2)n1. The monoisotopic (exact) mass is 240 g/mol. The maximum absolute atomic E-state index is 4.07. The van der Waals surface area contributed by atoms with E-state index in [-0.39, 0.29) is 0 Å². The second kappa shape index (κ2) is 4.70. The standard InChI is InChI=1S/C12H12N6/c1-3-12(18-16-5-6-17-18)4-2-10(1)14-8-11-7-13-9-15-11/h1-7,9,14H,8H2,(H,13,15). The van der Waals surface area contributed by atoms with Crippen LogP contribution in [0.25, 0.3) is 5.69 Å². The molecule has 90 valence electrons. The average Bonchev–Trinajstić information content (AvgIpc) is 3.10. The summed E-state index contributed by atoms with van der Waals surface area (Å²) in [5, 5.41) is 11.4. The second-order valence-electron chi connectivity index (χ2n) is 3.80. The molecule has 0 aliphatic carbocycles. The summed E-state index contributed by atoms with van der Waals surface area (Å²) in [6, 6.07) is 7.93. The van der Waals surface area contributed by atoms with E-state index >= 15 is 0 Å². The Morgan fingerprint density at radius 1 is 1.11 bits per heavy atom. The molecule has 2 N–H and O–H groups in total. The van der Waals surface area contributed by atoms with E-state index in [4.69, 9.17) is 0 Å². The van der Waals surface area contributed by atoms with Gasteiger partial charge in [0.05, 0.1) is 36.6 Å². The molecule has 0 saturated heterocycles. The molecule has 3 aromatic rings. The number of imidazole rings is 1. The molecule has 0 amide bonds. The minimum atomic E-state index is 0.722. The van der Waals surface area contributed by atoms with Gasteiger partial charge in [-0.05, 0) is 24.3 Å². The molecule has 3 rings (SSSR count). The Kier molecular flexibility index (Phi) is 2.75. The molecule has 6 nitrogen and oxygen atoms in total. The van der Waals surface area contributed by atoms with Crippen LogP contribution in [0.3, 0.4) is 0 Å². The summed E-state index contributed by atoms with van der Waals surface area (Å²) in [4.78, 5) is 8.59. The number of hydrogen-bond donors (Lipinski definition) is 2. The molecule has 0 fully saturated rings. The molecule has 6 heteroatoms. The van der Waals surface area contributed by atoms with Gasteiger partial charge < -0.3 is 10.3 Å². The van der Waals surface area contributed by atoms with Crippen molar-refractivity contribution in [3.63, 3.8) is 0 Å². The number of nitrogens with zero attached hydrogens (tertiary/aromatic N) is 4. The fraction of sp³-hybridized carbons (Fsp3) is 0.0833. The number of hydrogen-bond acceptors (Lipinski definition) is 4. The zero-order chi connectivity index (χ0) is 12.2. The summed E-state index contributed by atoms with van der Waals surface area (Å²) in [7, 11) is 0. The Hall–Kier alpha value is -2.63.